The third kappa shape index (κ3) is 3.91. The van der Waals surface area contributed by atoms with Gasteiger partial charge < -0.3 is 14.4 Å². The molecule has 204 valence electrons. The Morgan fingerprint density at radius 3 is 2.72 bits per heavy atom. The van der Waals surface area contributed by atoms with Crippen LogP contribution in [0.5, 0.6) is 11.6 Å². The summed E-state index contributed by atoms with van der Waals surface area (Å²) in [6.45, 7) is 3.24. The molecule has 39 heavy (non-hydrogen) atoms. The Labute approximate surface area is 224 Å². The molecule has 0 amide bonds. The molecule has 1 aliphatic carbocycles. The number of hydrogen-bond donors (Lipinski definition) is 0. The Balaban J connectivity index is 1.19. The number of aryl methyl sites for hydroxylation is 1. The largest absolute Gasteiger partial charge is 0.490 e. The number of rotatable bonds is 6. The first-order valence-electron chi connectivity index (χ1n) is 13.8. The monoisotopic (exact) mass is 535 g/mol. The number of fused-ring (bicyclic) bond motifs is 1. The molecule has 1 aromatic carbocycles. The van der Waals surface area contributed by atoms with Crippen LogP contribution in [0.4, 0.5) is 8.78 Å². The number of benzene rings is 1. The van der Waals surface area contributed by atoms with Crippen LogP contribution in [0, 0.1) is 5.82 Å². The van der Waals surface area contributed by atoms with Crippen LogP contribution in [-0.2, 0) is 12.6 Å². The van der Waals surface area contributed by atoms with E-state index in [-0.39, 0.29) is 5.69 Å². The highest BCUT2D eigenvalue weighted by Gasteiger charge is 2.45. The Kier molecular flexibility index (Phi) is 5.84. The van der Waals surface area contributed by atoms with E-state index in [2.05, 4.69) is 14.9 Å². The number of likely N-dealkylation sites (tertiary alicyclic amines) is 1. The molecule has 1 saturated carbocycles. The van der Waals surface area contributed by atoms with Gasteiger partial charge in [0.2, 0.25) is 5.88 Å². The fraction of sp³-hybridized carbons (Fsp3) is 0.483. The van der Waals surface area contributed by atoms with Gasteiger partial charge in [-0.05, 0) is 44.6 Å². The second kappa shape index (κ2) is 9.29. The van der Waals surface area contributed by atoms with Crippen LogP contribution in [0.3, 0.4) is 0 Å². The maximum atomic E-state index is 15.6. The molecule has 2 aliphatic heterocycles. The molecule has 0 unspecified atom stereocenters. The van der Waals surface area contributed by atoms with E-state index in [1.807, 2.05) is 4.57 Å². The third-order valence-electron chi connectivity index (χ3n) is 8.74. The summed E-state index contributed by atoms with van der Waals surface area (Å²) >= 11 is 0. The predicted octanol–water partition coefficient (Wildman–Crippen LogP) is 4.56. The molecular weight excluding hydrogens is 504 g/mol. The van der Waals surface area contributed by atoms with E-state index >= 15 is 4.39 Å². The number of halogens is 2. The van der Waals surface area contributed by atoms with E-state index in [4.69, 9.17) is 9.47 Å². The second-order valence-corrected chi connectivity index (χ2v) is 11.1. The predicted molar refractivity (Wildman–Crippen MR) is 144 cm³/mol. The summed E-state index contributed by atoms with van der Waals surface area (Å²) in [5.41, 5.74) is 2.26. The quantitative estimate of drug-likeness (QED) is 0.337. The number of pyridine rings is 2. The molecule has 2 fully saturated rings. The molecule has 0 bridgehead atoms. The van der Waals surface area contributed by atoms with Crippen molar-refractivity contribution in [2.75, 3.05) is 32.8 Å². The summed E-state index contributed by atoms with van der Waals surface area (Å²) < 4.78 is 44.7. The number of imidazole rings is 1. The van der Waals surface area contributed by atoms with Crippen LogP contribution in [-0.4, -0.2) is 63.0 Å². The van der Waals surface area contributed by atoms with Gasteiger partial charge in [-0.3, -0.25) is 14.1 Å². The van der Waals surface area contributed by atoms with Crippen LogP contribution in [0.25, 0.3) is 33.1 Å². The molecule has 0 N–H and O–H groups in total. The van der Waals surface area contributed by atoms with Crippen LogP contribution >= 0.6 is 0 Å². The van der Waals surface area contributed by atoms with Gasteiger partial charge in [0.1, 0.15) is 24.3 Å². The van der Waals surface area contributed by atoms with Gasteiger partial charge in [-0.2, -0.15) is 0 Å². The van der Waals surface area contributed by atoms with Crippen LogP contribution < -0.4 is 15.2 Å². The Morgan fingerprint density at radius 1 is 1.18 bits per heavy atom. The topological polar surface area (TPSA) is 74.4 Å². The van der Waals surface area contributed by atoms with Crippen molar-refractivity contribution in [2.24, 2.45) is 7.05 Å². The van der Waals surface area contributed by atoms with Crippen molar-refractivity contribution in [1.82, 2.24) is 24.0 Å². The maximum absolute atomic E-state index is 15.6. The van der Waals surface area contributed by atoms with Gasteiger partial charge in [0.05, 0.1) is 45.8 Å². The number of ether oxygens (including phenoxy) is 2. The molecule has 4 aromatic rings. The lowest BCUT2D eigenvalue weighted by molar-refractivity contribution is 0.0719. The van der Waals surface area contributed by atoms with E-state index in [1.165, 1.54) is 6.07 Å². The fourth-order valence-electron chi connectivity index (χ4n) is 6.37. The molecule has 1 saturated heterocycles. The Hall–Kier alpha value is -3.53. The molecule has 7 rings (SSSR count). The van der Waals surface area contributed by atoms with Gasteiger partial charge in [0, 0.05) is 50.6 Å². The first kappa shape index (κ1) is 24.5. The van der Waals surface area contributed by atoms with E-state index in [0.717, 1.165) is 50.8 Å². The number of nitrogens with zero attached hydrogens (tertiary/aromatic N) is 5. The van der Waals surface area contributed by atoms with Gasteiger partial charge in [-0.1, -0.05) is 0 Å². The molecule has 5 heterocycles. The average molecular weight is 536 g/mol. The second-order valence-electron chi connectivity index (χ2n) is 11.1. The third-order valence-corrected chi connectivity index (χ3v) is 8.74. The lowest BCUT2D eigenvalue weighted by Crippen LogP contribution is -2.50. The Bertz CT molecular complexity index is 1620. The van der Waals surface area contributed by atoms with Crippen molar-refractivity contribution in [3.8, 4) is 22.8 Å². The lowest BCUT2D eigenvalue weighted by atomic mass is 9.77. The number of piperidine rings is 1. The Morgan fingerprint density at radius 2 is 2.00 bits per heavy atom. The van der Waals surface area contributed by atoms with Crippen molar-refractivity contribution < 1.29 is 18.3 Å². The van der Waals surface area contributed by atoms with Crippen molar-refractivity contribution in [2.45, 2.75) is 50.2 Å². The molecule has 0 radical (unpaired) electrons. The van der Waals surface area contributed by atoms with Crippen LogP contribution in [0.1, 0.15) is 38.5 Å². The zero-order chi connectivity index (χ0) is 26.7. The van der Waals surface area contributed by atoms with Crippen molar-refractivity contribution in [3.05, 3.63) is 46.9 Å². The normalized spacial score (nSPS) is 18.9. The van der Waals surface area contributed by atoms with E-state index in [9.17, 15) is 9.18 Å². The molecule has 1 spiro atoms. The van der Waals surface area contributed by atoms with Crippen molar-refractivity contribution >= 4 is 21.9 Å². The van der Waals surface area contributed by atoms with E-state index in [0.29, 0.717) is 65.2 Å². The summed E-state index contributed by atoms with van der Waals surface area (Å²) in [6, 6.07) is 4.93. The zero-order valence-electron chi connectivity index (χ0n) is 22.0. The highest BCUT2D eigenvalue weighted by atomic mass is 19.1. The smallest absolute Gasteiger partial charge is 0.329 e. The molecular formula is C29H31F2N5O3. The maximum Gasteiger partial charge on any atom is 0.329 e. The first-order chi connectivity index (χ1) is 18.9. The highest BCUT2D eigenvalue weighted by Crippen LogP contribution is 2.48. The fourth-order valence-corrected chi connectivity index (χ4v) is 6.37. The highest BCUT2D eigenvalue weighted by molar-refractivity contribution is 6.09. The summed E-state index contributed by atoms with van der Waals surface area (Å²) in [5.74, 6) is 0.411. The van der Waals surface area contributed by atoms with Gasteiger partial charge >= 0.3 is 5.69 Å². The van der Waals surface area contributed by atoms with E-state index < -0.39 is 17.5 Å². The molecule has 3 aliphatic rings. The zero-order valence-corrected chi connectivity index (χ0v) is 22.0. The van der Waals surface area contributed by atoms with Crippen LogP contribution in [0.2, 0.25) is 0 Å². The molecule has 10 heteroatoms. The summed E-state index contributed by atoms with van der Waals surface area (Å²) in [4.78, 5) is 24.5. The van der Waals surface area contributed by atoms with Gasteiger partial charge in [0.15, 0.2) is 0 Å². The van der Waals surface area contributed by atoms with E-state index in [1.54, 1.807) is 36.1 Å². The van der Waals surface area contributed by atoms with Crippen LogP contribution in [0.15, 0.2) is 35.4 Å². The summed E-state index contributed by atoms with van der Waals surface area (Å²) in [5, 5.41) is 0.655. The molecule has 3 aromatic heterocycles. The van der Waals surface area contributed by atoms with Gasteiger partial charge in [0.25, 0.3) is 0 Å². The average Bonchev–Trinajstić information content (AvgIpc) is 3.06. The minimum absolute atomic E-state index is 0.101. The molecule has 8 nitrogen and oxygen atoms in total. The van der Waals surface area contributed by atoms with Gasteiger partial charge in [-0.25, -0.2) is 18.6 Å². The summed E-state index contributed by atoms with van der Waals surface area (Å²) in [6.07, 6.45) is 7.29. The number of alkyl halides is 1. The SMILES string of the molecule is Cn1c(=O)n2c3c4c(c(-c5ccc(OCCCN6CCC(F)CC6)nc5)c(F)cc4ncc31)OCC21CCC1. The standard InChI is InChI=1S/C29H31F2N5O3/c1-34-22-16-32-21-14-20(31)24(27-25(21)26(22)36(28(34)37)29(17-39-27)8-2-9-29)18-4-5-23(33-15-18)38-13-3-10-35-11-6-19(30)7-12-35/h4-5,14-16,19H,2-3,6-13,17H2,1H3. The summed E-state index contributed by atoms with van der Waals surface area (Å²) in [7, 11) is 1.75. The minimum Gasteiger partial charge on any atom is -0.490 e. The van der Waals surface area contributed by atoms with Crippen molar-refractivity contribution in [1.29, 1.82) is 0 Å². The van der Waals surface area contributed by atoms with Gasteiger partial charge in [-0.15, -0.1) is 0 Å². The first-order valence-corrected chi connectivity index (χ1v) is 13.8. The number of hydrogen-bond acceptors (Lipinski definition) is 6. The van der Waals surface area contributed by atoms with Crippen molar-refractivity contribution in [3.63, 3.8) is 0 Å². The lowest BCUT2D eigenvalue weighted by Gasteiger charge is -2.41. The minimum atomic E-state index is -0.670. The number of aromatic nitrogens is 4. The molecule has 0 atom stereocenters.